The molecule has 3 aromatic carbocycles. The molecule has 1 N–H and O–H groups in total. The van der Waals surface area contributed by atoms with E-state index < -0.39 is 12.6 Å². The first-order valence-electron chi connectivity index (χ1n) is 13.2. The molecule has 4 rings (SSSR count). The van der Waals surface area contributed by atoms with Crippen LogP contribution < -0.4 is 4.74 Å². The summed E-state index contributed by atoms with van der Waals surface area (Å²) < 4.78 is 13.0. The number of carbonyl (C=O) groups is 1. The molecule has 0 radical (unpaired) electrons. The van der Waals surface area contributed by atoms with Gasteiger partial charge in [-0.2, -0.15) is 0 Å². The van der Waals surface area contributed by atoms with Gasteiger partial charge in [0.25, 0.3) is 0 Å². The summed E-state index contributed by atoms with van der Waals surface area (Å²) in [6, 6.07) is 22.6. The van der Waals surface area contributed by atoms with Crippen LogP contribution in [0.15, 0.2) is 78.9 Å². The molecule has 0 spiro atoms. The zero-order valence-corrected chi connectivity index (χ0v) is 23.4. The molecule has 1 aliphatic rings. The van der Waals surface area contributed by atoms with Crippen molar-refractivity contribution in [1.82, 2.24) is 0 Å². The highest BCUT2D eigenvalue weighted by molar-refractivity contribution is 6.30. The Hall–Kier alpha value is -3.08. The fourth-order valence-electron chi connectivity index (χ4n) is 5.53. The highest BCUT2D eigenvalue weighted by Crippen LogP contribution is 2.50. The van der Waals surface area contributed by atoms with E-state index in [4.69, 9.17) is 21.1 Å². The number of carboxylic acid groups (broad SMARTS) is 1. The van der Waals surface area contributed by atoms with E-state index in [0.717, 1.165) is 40.7 Å². The molecule has 38 heavy (non-hydrogen) atoms. The van der Waals surface area contributed by atoms with Gasteiger partial charge in [0.15, 0.2) is 6.61 Å². The lowest BCUT2D eigenvalue weighted by atomic mass is 9.73. The second kappa shape index (κ2) is 12.2. The SMILES string of the molecule is C=C(C)[C@@H]1C[C@@H](c2cccc(Cl)c2)[C@@H](Cc2ccccc2)O[C@H]1c1c(C)cc(C(C)C)cc1OCC(=O)O. The first-order chi connectivity index (χ1) is 18.1. The summed E-state index contributed by atoms with van der Waals surface area (Å²) in [6.07, 6.45) is 1.14. The monoisotopic (exact) mass is 532 g/mol. The highest BCUT2D eigenvalue weighted by atomic mass is 35.5. The minimum Gasteiger partial charge on any atom is -0.482 e. The fraction of sp³-hybridized carbons (Fsp3) is 0.364. The van der Waals surface area contributed by atoms with E-state index in [9.17, 15) is 9.90 Å². The minimum absolute atomic E-state index is 0.0155. The fourth-order valence-corrected chi connectivity index (χ4v) is 5.73. The molecule has 1 aliphatic heterocycles. The van der Waals surface area contributed by atoms with Crippen molar-refractivity contribution >= 4 is 17.6 Å². The van der Waals surface area contributed by atoms with Gasteiger partial charge in [-0.1, -0.05) is 86.1 Å². The van der Waals surface area contributed by atoms with Crippen molar-refractivity contribution in [3.05, 3.63) is 112 Å². The number of benzene rings is 3. The maximum Gasteiger partial charge on any atom is 0.341 e. The molecule has 4 nitrogen and oxygen atoms in total. The molecule has 3 aromatic rings. The van der Waals surface area contributed by atoms with E-state index in [1.807, 2.05) is 49.4 Å². The number of aryl methyl sites for hydroxylation is 1. The molecule has 0 unspecified atom stereocenters. The second-order valence-corrected chi connectivity index (χ2v) is 11.2. The smallest absolute Gasteiger partial charge is 0.341 e. The quantitative estimate of drug-likeness (QED) is 0.282. The number of aliphatic carboxylic acids is 1. The molecule has 0 aromatic heterocycles. The number of halogens is 1. The molecule has 5 heteroatoms. The highest BCUT2D eigenvalue weighted by Gasteiger charge is 2.41. The molecule has 200 valence electrons. The summed E-state index contributed by atoms with van der Waals surface area (Å²) in [7, 11) is 0. The van der Waals surface area contributed by atoms with Gasteiger partial charge in [0, 0.05) is 22.4 Å². The van der Waals surface area contributed by atoms with E-state index in [1.165, 1.54) is 5.56 Å². The maximum atomic E-state index is 11.4. The van der Waals surface area contributed by atoms with Gasteiger partial charge < -0.3 is 14.6 Å². The molecule has 0 saturated carbocycles. The Morgan fingerprint density at radius 3 is 2.50 bits per heavy atom. The van der Waals surface area contributed by atoms with Crippen molar-refractivity contribution in [2.45, 2.75) is 64.6 Å². The topological polar surface area (TPSA) is 55.8 Å². The summed E-state index contributed by atoms with van der Waals surface area (Å²) >= 11 is 6.41. The Morgan fingerprint density at radius 2 is 1.87 bits per heavy atom. The largest absolute Gasteiger partial charge is 0.482 e. The van der Waals surface area contributed by atoms with Crippen LogP contribution in [0.5, 0.6) is 5.75 Å². The van der Waals surface area contributed by atoms with Gasteiger partial charge in [0.1, 0.15) is 5.75 Å². The summed E-state index contributed by atoms with van der Waals surface area (Å²) in [5.74, 6) is -0.0241. The lowest BCUT2D eigenvalue weighted by Crippen LogP contribution is -2.38. The lowest BCUT2D eigenvalue weighted by Gasteiger charge is -2.43. The Labute approximate surface area is 231 Å². The summed E-state index contributed by atoms with van der Waals surface area (Å²) in [6.45, 7) is 12.3. The molecule has 0 bridgehead atoms. The predicted molar refractivity (Wildman–Crippen MR) is 153 cm³/mol. The average molecular weight is 533 g/mol. The second-order valence-electron chi connectivity index (χ2n) is 10.7. The van der Waals surface area contributed by atoms with Crippen LogP contribution in [0.2, 0.25) is 5.02 Å². The van der Waals surface area contributed by atoms with Gasteiger partial charge in [0.05, 0.1) is 12.2 Å². The summed E-state index contributed by atoms with van der Waals surface area (Å²) in [5, 5.41) is 10.1. The van der Waals surface area contributed by atoms with Gasteiger partial charge in [0.2, 0.25) is 0 Å². The van der Waals surface area contributed by atoms with Gasteiger partial charge in [-0.25, -0.2) is 4.79 Å². The van der Waals surface area contributed by atoms with Crippen LogP contribution >= 0.6 is 11.6 Å². The Kier molecular flexibility index (Phi) is 8.96. The molecule has 0 amide bonds. The third-order valence-corrected chi connectivity index (χ3v) is 7.74. The first-order valence-corrected chi connectivity index (χ1v) is 13.6. The maximum absolute atomic E-state index is 11.4. The molecule has 0 aliphatic carbocycles. The Bertz CT molecular complexity index is 1280. The van der Waals surface area contributed by atoms with Crippen LogP contribution in [0.25, 0.3) is 0 Å². The molecule has 1 saturated heterocycles. The van der Waals surface area contributed by atoms with Crippen LogP contribution in [-0.4, -0.2) is 23.8 Å². The number of rotatable bonds is 9. The van der Waals surface area contributed by atoms with Gasteiger partial charge in [-0.3, -0.25) is 0 Å². The number of carboxylic acids is 1. The van der Waals surface area contributed by atoms with Crippen LogP contribution in [0.1, 0.15) is 72.9 Å². The van der Waals surface area contributed by atoms with Gasteiger partial charge in [-0.15, -0.1) is 0 Å². The lowest BCUT2D eigenvalue weighted by molar-refractivity contribution is -0.139. The van der Waals surface area contributed by atoms with Crippen molar-refractivity contribution in [1.29, 1.82) is 0 Å². The van der Waals surface area contributed by atoms with Crippen molar-refractivity contribution in [2.24, 2.45) is 5.92 Å². The number of hydrogen-bond donors (Lipinski definition) is 1. The van der Waals surface area contributed by atoms with Gasteiger partial charge >= 0.3 is 5.97 Å². The summed E-state index contributed by atoms with van der Waals surface area (Å²) in [5.41, 5.74) is 6.42. The van der Waals surface area contributed by atoms with Crippen molar-refractivity contribution in [3.8, 4) is 5.75 Å². The van der Waals surface area contributed by atoms with Crippen molar-refractivity contribution in [3.63, 3.8) is 0 Å². The molecule has 1 fully saturated rings. The number of hydrogen-bond acceptors (Lipinski definition) is 3. The predicted octanol–water partition coefficient (Wildman–Crippen LogP) is 8.28. The standard InChI is InChI=1S/C33H37ClO4/c1-20(2)25-14-22(5)32(30(17-25)37-19-31(35)36)33-27(21(3)4)18-28(24-12-9-13-26(34)16-24)29(38-33)15-23-10-7-6-8-11-23/h6-14,16-17,20,27-29,33H,3,15,18-19H2,1-2,4-5H3,(H,35,36)/t27-,28-,29+,33+/m0/s1. The van der Waals surface area contributed by atoms with E-state index in [1.54, 1.807) is 0 Å². The van der Waals surface area contributed by atoms with Crippen LogP contribution in [0.3, 0.4) is 0 Å². The van der Waals surface area contributed by atoms with E-state index >= 15 is 0 Å². The third-order valence-electron chi connectivity index (χ3n) is 7.51. The van der Waals surface area contributed by atoms with E-state index in [2.05, 4.69) is 51.6 Å². The normalized spacial score (nSPS) is 21.3. The summed E-state index contributed by atoms with van der Waals surface area (Å²) in [4.78, 5) is 11.4. The zero-order chi connectivity index (χ0) is 27.4. The van der Waals surface area contributed by atoms with Crippen molar-refractivity contribution < 1.29 is 19.4 Å². The van der Waals surface area contributed by atoms with E-state index in [-0.39, 0.29) is 30.0 Å². The van der Waals surface area contributed by atoms with Gasteiger partial charge in [-0.05, 0) is 73.1 Å². The molecule has 1 heterocycles. The first kappa shape index (κ1) is 27.9. The Morgan fingerprint density at radius 1 is 1.13 bits per heavy atom. The molecular formula is C33H37ClO4. The van der Waals surface area contributed by atoms with Crippen LogP contribution in [0.4, 0.5) is 0 Å². The minimum atomic E-state index is -1.01. The van der Waals surface area contributed by atoms with Crippen LogP contribution in [0, 0.1) is 12.8 Å². The Balaban J connectivity index is 1.81. The van der Waals surface area contributed by atoms with Crippen molar-refractivity contribution in [2.75, 3.05) is 6.61 Å². The zero-order valence-electron chi connectivity index (χ0n) is 22.6. The average Bonchev–Trinajstić information content (AvgIpc) is 2.87. The molecular weight excluding hydrogens is 496 g/mol. The molecule has 4 atom stereocenters. The van der Waals surface area contributed by atoms with Crippen LogP contribution in [-0.2, 0) is 16.0 Å². The van der Waals surface area contributed by atoms with E-state index in [0.29, 0.717) is 10.8 Å². The number of ether oxygens (including phenoxy) is 2. The third kappa shape index (κ3) is 6.48.